The summed E-state index contributed by atoms with van der Waals surface area (Å²) in [5.41, 5.74) is 7.59. The summed E-state index contributed by atoms with van der Waals surface area (Å²) in [5, 5.41) is 16.4. The van der Waals surface area contributed by atoms with Gasteiger partial charge in [-0.2, -0.15) is 0 Å². The summed E-state index contributed by atoms with van der Waals surface area (Å²) in [7, 11) is 0. The van der Waals surface area contributed by atoms with E-state index in [9.17, 15) is 5.11 Å². The highest BCUT2D eigenvalue weighted by atomic mass is 16.3. The van der Waals surface area contributed by atoms with E-state index in [-0.39, 0.29) is 11.8 Å². The highest BCUT2D eigenvalue weighted by molar-refractivity contribution is 5.91. The zero-order valence-electron chi connectivity index (χ0n) is 17.0. The van der Waals surface area contributed by atoms with E-state index in [1.54, 1.807) is 18.2 Å². The Morgan fingerprint density at radius 1 is 1.17 bits per heavy atom. The molecule has 5 heteroatoms. The number of aromatic hydroxyl groups is 1. The van der Waals surface area contributed by atoms with Gasteiger partial charge < -0.3 is 16.2 Å². The number of phenolic OH excluding ortho intramolecular Hbond substituents is 1. The van der Waals surface area contributed by atoms with Crippen molar-refractivity contribution < 1.29 is 5.11 Å². The fourth-order valence-corrected chi connectivity index (χ4v) is 3.38. The monoisotopic (exact) mass is 388 g/mol. The van der Waals surface area contributed by atoms with Crippen LogP contribution in [0.5, 0.6) is 5.75 Å². The van der Waals surface area contributed by atoms with Crippen LogP contribution in [0.1, 0.15) is 20.3 Å². The number of phenols is 1. The van der Waals surface area contributed by atoms with Crippen molar-refractivity contribution in [2.24, 2.45) is 11.7 Å². The Morgan fingerprint density at radius 2 is 1.93 bits per heavy atom. The van der Waals surface area contributed by atoms with Gasteiger partial charge >= 0.3 is 0 Å². The van der Waals surface area contributed by atoms with Gasteiger partial charge in [0.05, 0.1) is 11.1 Å². The van der Waals surface area contributed by atoms with Crippen molar-refractivity contribution in [1.82, 2.24) is 9.97 Å². The van der Waals surface area contributed by atoms with Gasteiger partial charge in [0.2, 0.25) is 0 Å². The van der Waals surface area contributed by atoms with Crippen molar-refractivity contribution in [2.45, 2.75) is 26.3 Å². The molecule has 0 aliphatic rings. The predicted molar refractivity (Wildman–Crippen MR) is 122 cm³/mol. The van der Waals surface area contributed by atoms with Crippen molar-refractivity contribution in [1.29, 1.82) is 0 Å². The molecule has 3 rings (SSSR count). The van der Waals surface area contributed by atoms with Crippen LogP contribution in [0.3, 0.4) is 0 Å². The lowest BCUT2D eigenvalue weighted by molar-refractivity contribution is 0.472. The minimum atomic E-state index is 0.0276. The largest absolute Gasteiger partial charge is 0.507 e. The van der Waals surface area contributed by atoms with Gasteiger partial charge in [-0.1, -0.05) is 57.4 Å². The molecule has 1 unspecified atom stereocenters. The smallest absolute Gasteiger partial charge is 0.165 e. The van der Waals surface area contributed by atoms with E-state index < -0.39 is 0 Å². The maximum Gasteiger partial charge on any atom is 0.165 e. The second-order valence-electron chi connectivity index (χ2n) is 7.62. The average Bonchev–Trinajstić information content (AvgIpc) is 2.68. The van der Waals surface area contributed by atoms with E-state index in [1.807, 2.05) is 30.3 Å². The highest BCUT2D eigenvalue weighted by Gasteiger charge is 2.14. The molecule has 5 nitrogen and oxygen atoms in total. The number of fused-ring (bicyclic) bond motifs is 1. The van der Waals surface area contributed by atoms with Gasteiger partial charge in [0.15, 0.2) is 5.82 Å². The molecule has 0 radical (unpaired) electrons. The number of para-hydroxylation sites is 1. The van der Waals surface area contributed by atoms with Crippen LogP contribution in [0.2, 0.25) is 0 Å². The average molecular weight is 389 g/mol. The minimum absolute atomic E-state index is 0.0276. The predicted octanol–water partition coefficient (Wildman–Crippen LogP) is 3.16. The molecule has 1 heterocycles. The fourth-order valence-electron chi connectivity index (χ4n) is 3.38. The third kappa shape index (κ3) is 4.63. The number of anilines is 1. The van der Waals surface area contributed by atoms with Crippen LogP contribution in [0.25, 0.3) is 34.9 Å². The van der Waals surface area contributed by atoms with Gasteiger partial charge in [-0.25, -0.2) is 9.97 Å². The lowest BCUT2D eigenvalue weighted by Gasteiger charge is -2.17. The number of benzene rings is 2. The van der Waals surface area contributed by atoms with Crippen LogP contribution >= 0.6 is 0 Å². The zero-order valence-corrected chi connectivity index (χ0v) is 17.0. The van der Waals surface area contributed by atoms with Gasteiger partial charge in [-0.3, -0.25) is 0 Å². The van der Waals surface area contributed by atoms with E-state index in [4.69, 9.17) is 10.7 Å². The molecule has 1 atom stereocenters. The molecular weight excluding hydrogens is 360 g/mol. The minimum Gasteiger partial charge on any atom is -0.507 e. The Labute approximate surface area is 171 Å². The number of allylic oxidation sites excluding steroid dienone is 1. The van der Waals surface area contributed by atoms with Crippen molar-refractivity contribution >= 4 is 29.4 Å². The van der Waals surface area contributed by atoms with Crippen LogP contribution in [0.4, 0.5) is 5.82 Å². The number of nitrogens with zero attached hydrogens (tertiary/aromatic N) is 2. The molecular formula is C24H28N4O. The lowest BCUT2D eigenvalue weighted by atomic mass is 10.0. The van der Waals surface area contributed by atoms with Crippen LogP contribution in [-0.4, -0.2) is 27.7 Å². The fraction of sp³-hybridized carbons (Fsp3) is 0.250. The molecule has 150 valence electrons. The molecule has 2 aromatic carbocycles. The van der Waals surface area contributed by atoms with Crippen molar-refractivity contribution in [3.8, 4) is 17.1 Å². The van der Waals surface area contributed by atoms with E-state index in [0.29, 0.717) is 40.1 Å². The van der Waals surface area contributed by atoms with Crippen LogP contribution in [-0.2, 0) is 0 Å². The molecule has 1 aromatic heterocycles. The van der Waals surface area contributed by atoms with Gasteiger partial charge in [-0.15, -0.1) is 0 Å². The third-order valence-electron chi connectivity index (χ3n) is 4.74. The Bertz CT molecular complexity index is 1140. The maximum absolute atomic E-state index is 10.8. The Morgan fingerprint density at radius 3 is 2.66 bits per heavy atom. The first kappa shape index (κ1) is 20.6. The van der Waals surface area contributed by atoms with Crippen molar-refractivity contribution in [3.05, 3.63) is 59.5 Å². The summed E-state index contributed by atoms with van der Waals surface area (Å²) < 4.78 is 0. The van der Waals surface area contributed by atoms with Gasteiger partial charge in [0.25, 0.3) is 0 Å². The number of hydrogen-bond acceptors (Lipinski definition) is 5. The molecule has 0 aliphatic carbocycles. The lowest BCUT2D eigenvalue weighted by Crippen LogP contribution is -2.30. The summed E-state index contributed by atoms with van der Waals surface area (Å²) in [5.74, 6) is 1.77. The van der Waals surface area contributed by atoms with Crippen LogP contribution < -0.4 is 21.5 Å². The molecule has 0 bridgehead atoms. The summed E-state index contributed by atoms with van der Waals surface area (Å²) in [6.07, 6.45) is 4.28. The highest BCUT2D eigenvalue weighted by Crippen LogP contribution is 2.27. The zero-order chi connectivity index (χ0) is 21.0. The summed E-state index contributed by atoms with van der Waals surface area (Å²) in [6, 6.07) is 11.5. The third-order valence-corrected chi connectivity index (χ3v) is 4.74. The topological polar surface area (TPSA) is 84.1 Å². The van der Waals surface area contributed by atoms with Gasteiger partial charge in [-0.05, 0) is 35.8 Å². The molecule has 0 saturated heterocycles. The van der Waals surface area contributed by atoms with E-state index in [2.05, 4.69) is 37.3 Å². The van der Waals surface area contributed by atoms with E-state index >= 15 is 0 Å². The SMILES string of the molecule is C=C/C=c1/c(O)c(-c2nc(NCC(N)CC(C)C)c3ccccc3n2)ccc1=C. The molecule has 0 aliphatic heterocycles. The van der Waals surface area contributed by atoms with Gasteiger partial charge in [0, 0.05) is 23.2 Å². The number of aromatic nitrogens is 2. The second-order valence-corrected chi connectivity index (χ2v) is 7.62. The quantitative estimate of drug-likeness (QED) is 0.579. The number of hydrogen-bond donors (Lipinski definition) is 3. The van der Waals surface area contributed by atoms with E-state index in [1.165, 1.54) is 0 Å². The van der Waals surface area contributed by atoms with Crippen LogP contribution in [0, 0.1) is 5.92 Å². The molecule has 0 amide bonds. The standard InChI is InChI=1S/C24H28N4O/c1-5-8-18-16(4)11-12-20(22(18)29)24-27-21-10-7-6-9-19(21)23(28-24)26-14-17(25)13-15(2)3/h5-12,15,17,29H,1,4,13-14,25H2,2-3H3,(H,26,27,28)/b18-8+. The second kappa shape index (κ2) is 8.88. The van der Waals surface area contributed by atoms with Crippen molar-refractivity contribution in [3.63, 3.8) is 0 Å². The Hall–Kier alpha value is -3.18. The molecule has 4 N–H and O–H groups in total. The first-order valence-electron chi connectivity index (χ1n) is 9.81. The first-order valence-corrected chi connectivity index (χ1v) is 9.81. The number of rotatable bonds is 7. The van der Waals surface area contributed by atoms with Crippen molar-refractivity contribution in [2.75, 3.05) is 11.9 Å². The molecule has 0 saturated carbocycles. The van der Waals surface area contributed by atoms with Gasteiger partial charge in [0.1, 0.15) is 11.6 Å². The molecule has 0 spiro atoms. The maximum atomic E-state index is 10.8. The molecule has 0 fully saturated rings. The molecule has 3 aromatic rings. The molecule has 29 heavy (non-hydrogen) atoms. The van der Waals surface area contributed by atoms with Crippen LogP contribution in [0.15, 0.2) is 49.1 Å². The first-order chi connectivity index (χ1) is 13.9. The number of nitrogens with one attached hydrogen (secondary N) is 1. The Kier molecular flexibility index (Phi) is 6.29. The normalized spacial score (nSPS) is 13.0. The van der Waals surface area contributed by atoms with E-state index in [0.717, 1.165) is 17.3 Å². The summed E-state index contributed by atoms with van der Waals surface area (Å²) in [6.45, 7) is 12.6. The number of nitrogens with two attached hydrogens (primary N) is 1. The summed E-state index contributed by atoms with van der Waals surface area (Å²) in [4.78, 5) is 9.39. The summed E-state index contributed by atoms with van der Waals surface area (Å²) >= 11 is 0. The Balaban J connectivity index is 2.09.